The lowest BCUT2D eigenvalue weighted by Gasteiger charge is -2.25. The van der Waals surface area contributed by atoms with E-state index in [2.05, 4.69) is 52.0 Å². The summed E-state index contributed by atoms with van der Waals surface area (Å²) in [5.74, 6) is -0.439. The fraction of sp³-hybridized carbons (Fsp3) is 0.515. The maximum atomic E-state index is 13.5. The van der Waals surface area contributed by atoms with Gasteiger partial charge in [-0.25, -0.2) is 0 Å². The van der Waals surface area contributed by atoms with Crippen LogP contribution in [-0.2, 0) is 35.3 Å². The smallest absolute Gasteiger partial charge is 0.315 e. The van der Waals surface area contributed by atoms with E-state index in [-0.39, 0.29) is 23.8 Å². The normalized spacial score (nSPS) is 21.8. The largest absolute Gasteiger partial charge is 0.426 e. The van der Waals surface area contributed by atoms with Crippen molar-refractivity contribution in [1.82, 2.24) is 0 Å². The topological polar surface area (TPSA) is 52.6 Å². The average molecular weight is 503 g/mol. The van der Waals surface area contributed by atoms with Gasteiger partial charge in [0.2, 0.25) is 0 Å². The van der Waals surface area contributed by atoms with Gasteiger partial charge in [0.15, 0.2) is 0 Å². The van der Waals surface area contributed by atoms with Crippen LogP contribution in [0.1, 0.15) is 82.1 Å². The molecule has 4 heteroatoms. The Morgan fingerprint density at radius 3 is 1.22 bits per heavy atom. The number of fused-ring (bicyclic) bond motifs is 2. The monoisotopic (exact) mass is 502 g/mol. The number of allylic oxidation sites excluding steroid dienone is 2. The van der Waals surface area contributed by atoms with Gasteiger partial charge in [-0.3, -0.25) is 9.59 Å². The van der Waals surface area contributed by atoms with Crippen molar-refractivity contribution in [3.63, 3.8) is 0 Å². The van der Waals surface area contributed by atoms with E-state index in [1.54, 1.807) is 0 Å². The minimum absolute atomic E-state index is 0.0195. The lowest BCUT2D eigenvalue weighted by atomic mass is 9.83. The van der Waals surface area contributed by atoms with Crippen molar-refractivity contribution in [2.45, 2.75) is 85.5 Å². The van der Waals surface area contributed by atoms with Crippen LogP contribution in [0.15, 0.2) is 48.6 Å². The zero-order valence-corrected chi connectivity index (χ0v) is 22.9. The first kappa shape index (κ1) is 27.2. The van der Waals surface area contributed by atoms with Crippen LogP contribution in [0.3, 0.4) is 0 Å². The maximum Gasteiger partial charge on any atom is 0.315 e. The number of carbonyl (C=O) groups excluding carboxylic acids is 2. The van der Waals surface area contributed by atoms with E-state index in [4.69, 9.17) is 9.47 Å². The molecule has 0 saturated heterocycles. The van der Waals surface area contributed by atoms with Crippen LogP contribution < -0.4 is 9.47 Å². The molecule has 2 aliphatic carbocycles. The van der Waals surface area contributed by atoms with Crippen molar-refractivity contribution >= 4 is 11.9 Å². The van der Waals surface area contributed by atoms with Crippen LogP contribution in [0.5, 0.6) is 11.5 Å². The van der Waals surface area contributed by atoms with Gasteiger partial charge in [0.1, 0.15) is 11.5 Å². The molecule has 1 fully saturated rings. The number of benzene rings is 2. The molecule has 1 saturated carbocycles. The molecule has 0 N–H and O–H groups in total. The number of aryl methyl sites for hydroxylation is 4. The first-order valence-corrected chi connectivity index (χ1v) is 14.3. The molecular weight excluding hydrogens is 460 g/mol. The van der Waals surface area contributed by atoms with E-state index < -0.39 is 11.8 Å². The summed E-state index contributed by atoms with van der Waals surface area (Å²) in [6.07, 6.45) is 12.9. The standard InChI is InChI=1S/C33H42O4/c1-5-9-22-15-23(10-6-2)18-28(17-22)36-32(34)30-26-13-14-27(21-26)31(30)33(35)37-29-19-24(11-7-3)16-25(20-29)12-8-4/h13-20,26-27,30-31H,5-12,21H2,1-4H3. The molecule has 37 heavy (non-hydrogen) atoms. The number of carbonyl (C=O) groups is 2. The Labute approximate surface area is 222 Å². The Morgan fingerprint density at radius 1 is 0.595 bits per heavy atom. The molecule has 0 radical (unpaired) electrons. The summed E-state index contributed by atoms with van der Waals surface area (Å²) in [5, 5.41) is 0. The van der Waals surface area contributed by atoms with Crippen LogP contribution in [0.2, 0.25) is 0 Å². The third-order valence-electron chi connectivity index (χ3n) is 7.65. The Kier molecular flexibility index (Phi) is 9.23. The van der Waals surface area contributed by atoms with Gasteiger partial charge in [0, 0.05) is 0 Å². The van der Waals surface area contributed by atoms with Gasteiger partial charge in [0.05, 0.1) is 11.8 Å². The molecule has 2 aromatic carbocycles. The number of esters is 2. The van der Waals surface area contributed by atoms with E-state index in [9.17, 15) is 9.59 Å². The van der Waals surface area contributed by atoms with Crippen LogP contribution >= 0.6 is 0 Å². The molecule has 4 nitrogen and oxygen atoms in total. The van der Waals surface area contributed by atoms with E-state index in [1.165, 1.54) is 22.3 Å². The van der Waals surface area contributed by atoms with Crippen molar-refractivity contribution in [3.8, 4) is 11.5 Å². The molecule has 2 aromatic rings. The van der Waals surface area contributed by atoms with Gasteiger partial charge in [-0.1, -0.05) is 77.7 Å². The summed E-state index contributed by atoms with van der Waals surface area (Å²) in [5.41, 5.74) is 4.76. The van der Waals surface area contributed by atoms with E-state index in [1.807, 2.05) is 24.3 Å². The summed E-state index contributed by atoms with van der Waals surface area (Å²) >= 11 is 0. The van der Waals surface area contributed by atoms with Gasteiger partial charge in [-0.05, 0) is 90.5 Å². The Hall–Kier alpha value is -2.88. The molecule has 198 valence electrons. The number of hydrogen-bond acceptors (Lipinski definition) is 4. The third-order valence-corrected chi connectivity index (χ3v) is 7.65. The summed E-state index contributed by atoms with van der Waals surface area (Å²) in [6.45, 7) is 8.61. The van der Waals surface area contributed by atoms with Gasteiger partial charge >= 0.3 is 11.9 Å². The van der Waals surface area contributed by atoms with Crippen molar-refractivity contribution in [2.24, 2.45) is 23.7 Å². The lowest BCUT2D eigenvalue weighted by molar-refractivity contribution is -0.151. The second-order valence-electron chi connectivity index (χ2n) is 10.8. The molecule has 4 atom stereocenters. The van der Waals surface area contributed by atoms with E-state index in [0.717, 1.165) is 57.8 Å². The van der Waals surface area contributed by atoms with Crippen LogP contribution in [-0.4, -0.2) is 11.9 Å². The molecule has 4 unspecified atom stereocenters. The minimum Gasteiger partial charge on any atom is -0.426 e. The number of rotatable bonds is 12. The zero-order chi connectivity index (χ0) is 26.4. The Balaban J connectivity index is 1.53. The molecule has 4 rings (SSSR count). The first-order chi connectivity index (χ1) is 17.9. The maximum absolute atomic E-state index is 13.5. The quantitative estimate of drug-likeness (QED) is 0.172. The highest BCUT2D eigenvalue weighted by molar-refractivity contribution is 5.86. The van der Waals surface area contributed by atoms with Gasteiger partial charge in [-0.2, -0.15) is 0 Å². The number of ether oxygens (including phenoxy) is 2. The lowest BCUT2D eigenvalue weighted by Crippen LogP contribution is -2.37. The SMILES string of the molecule is CCCc1cc(CCC)cc(OC(=O)C2C3C=CC(C3)C2C(=O)Oc2cc(CCC)cc(CCC)c2)c1. The summed E-state index contributed by atoms with van der Waals surface area (Å²) in [7, 11) is 0. The fourth-order valence-electron chi connectivity index (χ4n) is 6.14. The van der Waals surface area contributed by atoms with Gasteiger partial charge in [-0.15, -0.1) is 0 Å². The van der Waals surface area contributed by atoms with Crippen molar-refractivity contribution < 1.29 is 19.1 Å². The van der Waals surface area contributed by atoms with E-state index >= 15 is 0 Å². The zero-order valence-electron chi connectivity index (χ0n) is 22.9. The average Bonchev–Trinajstić information content (AvgIpc) is 3.47. The highest BCUT2D eigenvalue weighted by atomic mass is 16.5. The molecule has 0 aromatic heterocycles. The summed E-state index contributed by atoms with van der Waals surface area (Å²) in [4.78, 5) is 27.0. The highest BCUT2D eigenvalue weighted by Crippen LogP contribution is 2.49. The van der Waals surface area contributed by atoms with Crippen molar-refractivity contribution in [3.05, 3.63) is 70.8 Å². The molecule has 0 heterocycles. The van der Waals surface area contributed by atoms with Crippen LogP contribution in [0.25, 0.3) is 0 Å². The molecule has 0 spiro atoms. The molecule has 2 aliphatic rings. The van der Waals surface area contributed by atoms with Gasteiger partial charge < -0.3 is 9.47 Å². The number of hydrogen-bond donors (Lipinski definition) is 0. The second-order valence-corrected chi connectivity index (χ2v) is 10.8. The Bertz CT molecular complexity index is 995. The van der Waals surface area contributed by atoms with Crippen molar-refractivity contribution in [1.29, 1.82) is 0 Å². The Morgan fingerprint density at radius 2 is 0.919 bits per heavy atom. The van der Waals surface area contributed by atoms with E-state index in [0.29, 0.717) is 11.5 Å². The second kappa shape index (κ2) is 12.6. The van der Waals surface area contributed by atoms with Crippen LogP contribution in [0, 0.1) is 23.7 Å². The predicted octanol–water partition coefficient (Wildman–Crippen LogP) is 7.45. The van der Waals surface area contributed by atoms with Crippen LogP contribution in [0.4, 0.5) is 0 Å². The predicted molar refractivity (Wildman–Crippen MR) is 148 cm³/mol. The first-order valence-electron chi connectivity index (χ1n) is 14.3. The minimum atomic E-state index is -0.513. The molecule has 2 bridgehead atoms. The van der Waals surface area contributed by atoms with Crippen molar-refractivity contribution in [2.75, 3.05) is 0 Å². The summed E-state index contributed by atoms with van der Waals surface area (Å²) in [6, 6.07) is 12.3. The third kappa shape index (κ3) is 6.52. The van der Waals surface area contributed by atoms with Gasteiger partial charge in [0.25, 0.3) is 0 Å². The molecule has 0 aliphatic heterocycles. The highest BCUT2D eigenvalue weighted by Gasteiger charge is 2.53. The molecule has 0 amide bonds. The fourth-order valence-corrected chi connectivity index (χ4v) is 6.14. The molecular formula is C33H42O4. The summed E-state index contributed by atoms with van der Waals surface area (Å²) < 4.78 is 12.0.